The lowest BCUT2D eigenvalue weighted by Crippen LogP contribution is -1.98. The van der Waals surface area contributed by atoms with Crippen molar-refractivity contribution in [3.05, 3.63) is 48.8 Å². The van der Waals surface area contributed by atoms with Crippen LogP contribution in [0.2, 0.25) is 0 Å². The fourth-order valence-electron chi connectivity index (χ4n) is 2.62. The third-order valence-corrected chi connectivity index (χ3v) is 3.86. The van der Waals surface area contributed by atoms with Gasteiger partial charge in [0.25, 0.3) is 5.89 Å². The molecule has 0 radical (unpaired) electrons. The summed E-state index contributed by atoms with van der Waals surface area (Å²) in [6.07, 6.45) is 3.35. The predicted octanol–water partition coefficient (Wildman–Crippen LogP) is 3.75. The highest BCUT2D eigenvalue weighted by atomic mass is 16.5. The highest BCUT2D eigenvalue weighted by molar-refractivity contribution is 5.86. The van der Waals surface area contributed by atoms with E-state index in [0.717, 1.165) is 22.2 Å². The smallest absolute Gasteiger partial charge is 0.258 e. The Morgan fingerprint density at radius 2 is 1.88 bits per heavy atom. The Balaban J connectivity index is 1.83. The predicted molar refractivity (Wildman–Crippen MR) is 96.0 cm³/mol. The van der Waals surface area contributed by atoms with Gasteiger partial charge in [-0.25, -0.2) is 4.98 Å². The highest BCUT2D eigenvalue weighted by Gasteiger charge is 2.17. The van der Waals surface area contributed by atoms with Gasteiger partial charge < -0.3 is 14.0 Å². The molecule has 0 saturated heterocycles. The van der Waals surface area contributed by atoms with Crippen molar-refractivity contribution in [2.45, 2.75) is 6.92 Å². The molecule has 0 atom stereocenters. The van der Waals surface area contributed by atoms with Gasteiger partial charge in [0.2, 0.25) is 11.7 Å². The lowest BCUT2D eigenvalue weighted by atomic mass is 10.1. The molecule has 4 aromatic rings. The molecule has 4 rings (SSSR count). The molecule has 0 aliphatic carbocycles. The third kappa shape index (κ3) is 2.95. The van der Waals surface area contributed by atoms with E-state index in [1.807, 2.05) is 43.3 Å². The van der Waals surface area contributed by atoms with Crippen LogP contribution in [0.5, 0.6) is 11.6 Å². The van der Waals surface area contributed by atoms with E-state index < -0.39 is 0 Å². The summed E-state index contributed by atoms with van der Waals surface area (Å²) < 4.78 is 16.4. The Morgan fingerprint density at radius 1 is 1.04 bits per heavy atom. The van der Waals surface area contributed by atoms with Gasteiger partial charge in [0.1, 0.15) is 5.75 Å². The molecule has 3 heterocycles. The fourth-order valence-corrected chi connectivity index (χ4v) is 2.62. The largest absolute Gasteiger partial charge is 0.497 e. The second kappa shape index (κ2) is 6.79. The van der Waals surface area contributed by atoms with Crippen LogP contribution < -0.4 is 9.47 Å². The summed E-state index contributed by atoms with van der Waals surface area (Å²) in [5.41, 5.74) is 2.26. The number of fused-ring (bicyclic) bond motifs is 1. The van der Waals surface area contributed by atoms with E-state index in [9.17, 15) is 0 Å². The first-order valence-corrected chi connectivity index (χ1v) is 8.14. The first-order valence-electron chi connectivity index (χ1n) is 8.14. The number of ether oxygens (including phenoxy) is 2. The van der Waals surface area contributed by atoms with Crippen molar-refractivity contribution in [1.29, 1.82) is 0 Å². The highest BCUT2D eigenvalue weighted by Crippen LogP contribution is 2.32. The SMILES string of the molecule is CCOc1nc2ccc(OC)cc2cc1-c1noc(-c2ccncc2)n1. The van der Waals surface area contributed by atoms with Gasteiger partial charge in [0.15, 0.2) is 0 Å². The molecule has 0 fully saturated rings. The molecule has 7 nitrogen and oxygen atoms in total. The van der Waals surface area contributed by atoms with Gasteiger partial charge in [0.05, 0.1) is 24.8 Å². The number of rotatable bonds is 5. The molecule has 130 valence electrons. The number of hydrogen-bond donors (Lipinski definition) is 0. The van der Waals surface area contributed by atoms with Crippen molar-refractivity contribution in [1.82, 2.24) is 20.1 Å². The molecule has 0 N–H and O–H groups in total. The molecule has 3 aromatic heterocycles. The summed E-state index contributed by atoms with van der Waals surface area (Å²) in [5.74, 6) is 2.04. The van der Waals surface area contributed by atoms with E-state index in [1.165, 1.54) is 0 Å². The quantitative estimate of drug-likeness (QED) is 0.543. The standard InChI is InChI=1S/C19H16N4O3/c1-3-25-19-15(11-13-10-14(24-2)4-5-16(13)21-19)17-22-18(26-23-17)12-6-8-20-9-7-12/h4-11H,3H2,1-2H3. The van der Waals surface area contributed by atoms with Crippen LogP contribution in [0, 0.1) is 0 Å². The Kier molecular flexibility index (Phi) is 4.18. The number of hydrogen-bond acceptors (Lipinski definition) is 7. The van der Waals surface area contributed by atoms with Gasteiger partial charge in [0, 0.05) is 23.3 Å². The molecule has 0 bridgehead atoms. The summed E-state index contributed by atoms with van der Waals surface area (Å²) in [6.45, 7) is 2.39. The average molecular weight is 348 g/mol. The topological polar surface area (TPSA) is 83.2 Å². The van der Waals surface area contributed by atoms with E-state index in [4.69, 9.17) is 14.0 Å². The van der Waals surface area contributed by atoms with Gasteiger partial charge in [-0.3, -0.25) is 4.98 Å². The zero-order chi connectivity index (χ0) is 17.9. The third-order valence-electron chi connectivity index (χ3n) is 3.86. The zero-order valence-electron chi connectivity index (χ0n) is 14.3. The molecule has 0 amide bonds. The van der Waals surface area contributed by atoms with Gasteiger partial charge in [-0.05, 0) is 43.3 Å². The zero-order valence-corrected chi connectivity index (χ0v) is 14.3. The number of methoxy groups -OCH3 is 1. The van der Waals surface area contributed by atoms with Crippen LogP contribution in [0.3, 0.4) is 0 Å². The maximum absolute atomic E-state index is 5.70. The Labute approximate surface area is 149 Å². The van der Waals surface area contributed by atoms with E-state index in [1.54, 1.807) is 19.5 Å². The minimum atomic E-state index is 0.413. The van der Waals surface area contributed by atoms with Crippen molar-refractivity contribution in [2.75, 3.05) is 13.7 Å². The van der Waals surface area contributed by atoms with E-state index in [-0.39, 0.29) is 0 Å². The van der Waals surface area contributed by atoms with Crippen molar-refractivity contribution in [2.24, 2.45) is 0 Å². The molecule has 0 spiro atoms. The Hall–Kier alpha value is -3.48. The summed E-state index contributed by atoms with van der Waals surface area (Å²) in [5, 5.41) is 5.00. The monoisotopic (exact) mass is 348 g/mol. The van der Waals surface area contributed by atoms with Crippen molar-refractivity contribution >= 4 is 10.9 Å². The summed E-state index contributed by atoms with van der Waals surface area (Å²) >= 11 is 0. The van der Waals surface area contributed by atoms with Gasteiger partial charge in [-0.2, -0.15) is 4.98 Å². The van der Waals surface area contributed by atoms with E-state index >= 15 is 0 Å². The molecule has 0 saturated carbocycles. The fraction of sp³-hybridized carbons (Fsp3) is 0.158. The number of aromatic nitrogens is 4. The molecule has 1 aromatic carbocycles. The van der Waals surface area contributed by atoms with Crippen molar-refractivity contribution < 1.29 is 14.0 Å². The average Bonchev–Trinajstić information content (AvgIpc) is 3.18. The van der Waals surface area contributed by atoms with Gasteiger partial charge >= 0.3 is 0 Å². The summed E-state index contributed by atoms with van der Waals surface area (Å²) in [6, 6.07) is 11.2. The maximum Gasteiger partial charge on any atom is 0.258 e. The molecule has 0 aliphatic rings. The molecule has 7 heteroatoms. The van der Waals surface area contributed by atoms with Crippen molar-refractivity contribution in [3.8, 4) is 34.5 Å². The first kappa shape index (κ1) is 16.0. The summed E-state index contributed by atoms with van der Waals surface area (Å²) in [4.78, 5) is 13.1. The number of nitrogens with zero attached hydrogens (tertiary/aromatic N) is 4. The molecule has 0 unspecified atom stereocenters. The van der Waals surface area contributed by atoms with Gasteiger partial charge in [-0.15, -0.1) is 0 Å². The second-order valence-electron chi connectivity index (χ2n) is 5.49. The Bertz CT molecular complexity index is 1050. The maximum atomic E-state index is 5.70. The van der Waals surface area contributed by atoms with Crippen LogP contribution in [0.25, 0.3) is 33.7 Å². The second-order valence-corrected chi connectivity index (χ2v) is 5.49. The first-order chi connectivity index (χ1) is 12.8. The lowest BCUT2D eigenvalue weighted by Gasteiger charge is -2.09. The van der Waals surface area contributed by atoms with E-state index in [0.29, 0.717) is 29.8 Å². The molecule has 0 aliphatic heterocycles. The normalized spacial score (nSPS) is 10.8. The number of pyridine rings is 2. The van der Waals surface area contributed by atoms with Crippen LogP contribution in [-0.4, -0.2) is 33.8 Å². The minimum Gasteiger partial charge on any atom is -0.497 e. The number of benzene rings is 1. The minimum absolute atomic E-state index is 0.413. The molecule has 26 heavy (non-hydrogen) atoms. The van der Waals surface area contributed by atoms with Crippen LogP contribution in [0.1, 0.15) is 6.92 Å². The molecular formula is C19H16N4O3. The van der Waals surface area contributed by atoms with Crippen LogP contribution in [-0.2, 0) is 0 Å². The van der Waals surface area contributed by atoms with Crippen molar-refractivity contribution in [3.63, 3.8) is 0 Å². The lowest BCUT2D eigenvalue weighted by molar-refractivity contribution is 0.329. The van der Waals surface area contributed by atoms with E-state index in [2.05, 4.69) is 20.1 Å². The summed E-state index contributed by atoms with van der Waals surface area (Å²) in [7, 11) is 1.63. The molecular weight excluding hydrogens is 332 g/mol. The van der Waals surface area contributed by atoms with Gasteiger partial charge in [-0.1, -0.05) is 5.16 Å². The van der Waals surface area contributed by atoms with Crippen LogP contribution in [0.15, 0.2) is 53.3 Å². The Morgan fingerprint density at radius 3 is 2.65 bits per heavy atom. The van der Waals surface area contributed by atoms with Crippen LogP contribution >= 0.6 is 0 Å². The van der Waals surface area contributed by atoms with Crippen LogP contribution in [0.4, 0.5) is 0 Å².